The number of hydrogen-bond donors (Lipinski definition) is 1. The van der Waals surface area contributed by atoms with E-state index in [1.165, 1.54) is 58.0 Å². The third-order valence-electron chi connectivity index (χ3n) is 5.89. The van der Waals surface area contributed by atoms with Crippen molar-refractivity contribution in [3.63, 3.8) is 0 Å². The van der Waals surface area contributed by atoms with Gasteiger partial charge in [0.15, 0.2) is 0 Å². The quantitative estimate of drug-likeness (QED) is 0.810. The van der Waals surface area contributed by atoms with Crippen LogP contribution < -0.4 is 5.32 Å². The minimum absolute atomic E-state index is 0.814. The smallest absolute Gasteiger partial charge is 0.0111 e. The van der Waals surface area contributed by atoms with Crippen LogP contribution in [0.1, 0.15) is 58.8 Å². The van der Waals surface area contributed by atoms with Crippen LogP contribution in [0.5, 0.6) is 0 Å². The summed E-state index contributed by atoms with van der Waals surface area (Å²) in [6, 6.07) is 2.54. The number of hydrogen-bond acceptors (Lipinski definition) is 2. The summed E-state index contributed by atoms with van der Waals surface area (Å²) in [5.74, 6) is 1.86. The van der Waals surface area contributed by atoms with Gasteiger partial charge in [-0.05, 0) is 69.9 Å². The number of rotatable bonds is 2. The van der Waals surface area contributed by atoms with E-state index in [1.807, 2.05) is 0 Å². The predicted molar refractivity (Wildman–Crippen MR) is 76.7 cm³/mol. The van der Waals surface area contributed by atoms with Crippen LogP contribution in [-0.2, 0) is 0 Å². The summed E-state index contributed by atoms with van der Waals surface area (Å²) in [6.45, 7) is 7.59. The van der Waals surface area contributed by atoms with E-state index < -0.39 is 0 Å². The lowest BCUT2D eigenvalue weighted by Gasteiger charge is -2.39. The van der Waals surface area contributed by atoms with Crippen LogP contribution in [0.2, 0.25) is 0 Å². The molecule has 3 rings (SSSR count). The van der Waals surface area contributed by atoms with E-state index in [9.17, 15) is 0 Å². The molecule has 1 saturated carbocycles. The van der Waals surface area contributed by atoms with Crippen LogP contribution in [0.25, 0.3) is 0 Å². The Labute approximate surface area is 113 Å². The van der Waals surface area contributed by atoms with Gasteiger partial charge in [-0.2, -0.15) is 0 Å². The first-order valence-corrected chi connectivity index (χ1v) is 8.22. The molecule has 5 atom stereocenters. The van der Waals surface area contributed by atoms with Crippen molar-refractivity contribution in [2.75, 3.05) is 13.1 Å². The molecular weight excluding hydrogens is 220 g/mol. The SMILES string of the molecule is CC1CCC(NC2CCN3CCCC3C2)CC1C. The number of fused-ring (bicyclic) bond motifs is 1. The summed E-state index contributed by atoms with van der Waals surface area (Å²) in [5.41, 5.74) is 0. The number of nitrogens with zero attached hydrogens (tertiary/aromatic N) is 1. The minimum atomic E-state index is 0.814. The van der Waals surface area contributed by atoms with Gasteiger partial charge in [0.05, 0.1) is 0 Å². The summed E-state index contributed by atoms with van der Waals surface area (Å²) in [7, 11) is 0. The molecule has 0 radical (unpaired) electrons. The molecule has 1 N–H and O–H groups in total. The molecule has 0 aromatic rings. The van der Waals surface area contributed by atoms with E-state index in [2.05, 4.69) is 24.1 Å². The normalized spacial score (nSPS) is 46.0. The Kier molecular flexibility index (Phi) is 3.95. The average molecular weight is 250 g/mol. The standard InChI is InChI=1S/C16H30N2/c1-12-5-6-14(10-13(12)2)17-15-7-9-18-8-3-4-16(18)11-15/h12-17H,3-11H2,1-2H3. The van der Waals surface area contributed by atoms with Crippen LogP contribution in [0.4, 0.5) is 0 Å². The topological polar surface area (TPSA) is 15.3 Å². The molecule has 2 heterocycles. The molecule has 0 bridgehead atoms. The van der Waals surface area contributed by atoms with E-state index in [4.69, 9.17) is 0 Å². The minimum Gasteiger partial charge on any atom is -0.311 e. The molecule has 2 aliphatic heterocycles. The van der Waals surface area contributed by atoms with Crippen molar-refractivity contribution in [2.45, 2.75) is 76.9 Å². The van der Waals surface area contributed by atoms with Gasteiger partial charge < -0.3 is 10.2 Å². The highest BCUT2D eigenvalue weighted by molar-refractivity contribution is 4.91. The van der Waals surface area contributed by atoms with Gasteiger partial charge in [-0.15, -0.1) is 0 Å². The second-order valence-corrected chi connectivity index (χ2v) is 7.18. The Morgan fingerprint density at radius 1 is 0.833 bits per heavy atom. The third-order valence-corrected chi connectivity index (χ3v) is 5.89. The Bertz CT molecular complexity index is 278. The summed E-state index contributed by atoms with van der Waals surface area (Å²) in [6.07, 6.45) is 9.95. The second kappa shape index (κ2) is 5.50. The van der Waals surface area contributed by atoms with Gasteiger partial charge in [0, 0.05) is 18.1 Å². The number of piperidine rings is 1. The van der Waals surface area contributed by atoms with Crippen LogP contribution in [0, 0.1) is 11.8 Å². The molecule has 0 aromatic heterocycles. The monoisotopic (exact) mass is 250 g/mol. The highest BCUT2D eigenvalue weighted by atomic mass is 15.2. The first kappa shape index (κ1) is 12.9. The van der Waals surface area contributed by atoms with Gasteiger partial charge in [-0.25, -0.2) is 0 Å². The summed E-state index contributed by atoms with van der Waals surface area (Å²) >= 11 is 0. The van der Waals surface area contributed by atoms with Crippen LogP contribution >= 0.6 is 0 Å². The molecule has 18 heavy (non-hydrogen) atoms. The summed E-state index contributed by atoms with van der Waals surface area (Å²) in [4.78, 5) is 2.73. The largest absolute Gasteiger partial charge is 0.311 e. The molecule has 2 saturated heterocycles. The van der Waals surface area contributed by atoms with Gasteiger partial charge >= 0.3 is 0 Å². The molecule has 3 fully saturated rings. The third kappa shape index (κ3) is 2.75. The Hall–Kier alpha value is -0.0800. The Morgan fingerprint density at radius 3 is 2.50 bits per heavy atom. The zero-order valence-electron chi connectivity index (χ0n) is 12.2. The fourth-order valence-electron chi connectivity index (χ4n) is 4.41. The fraction of sp³-hybridized carbons (Fsp3) is 1.00. The van der Waals surface area contributed by atoms with Gasteiger partial charge in [0.2, 0.25) is 0 Å². The lowest BCUT2D eigenvalue weighted by molar-refractivity contribution is 0.143. The molecule has 2 nitrogen and oxygen atoms in total. The lowest BCUT2D eigenvalue weighted by Crippen LogP contribution is -2.49. The lowest BCUT2D eigenvalue weighted by atomic mass is 9.78. The van der Waals surface area contributed by atoms with Crippen molar-refractivity contribution in [3.8, 4) is 0 Å². The van der Waals surface area contributed by atoms with Gasteiger partial charge in [0.1, 0.15) is 0 Å². The molecule has 5 unspecified atom stereocenters. The van der Waals surface area contributed by atoms with E-state index in [1.54, 1.807) is 0 Å². The molecule has 0 aromatic carbocycles. The van der Waals surface area contributed by atoms with Crippen molar-refractivity contribution >= 4 is 0 Å². The van der Waals surface area contributed by atoms with E-state index in [0.717, 1.165) is 30.0 Å². The molecule has 104 valence electrons. The highest BCUT2D eigenvalue weighted by Crippen LogP contribution is 2.31. The zero-order chi connectivity index (χ0) is 12.5. The molecular formula is C16H30N2. The van der Waals surface area contributed by atoms with Crippen molar-refractivity contribution in [2.24, 2.45) is 11.8 Å². The molecule has 0 amide bonds. The van der Waals surface area contributed by atoms with Crippen molar-refractivity contribution in [1.82, 2.24) is 10.2 Å². The molecule has 2 heteroatoms. The Balaban J connectivity index is 1.48. The maximum Gasteiger partial charge on any atom is 0.0111 e. The van der Waals surface area contributed by atoms with E-state index >= 15 is 0 Å². The van der Waals surface area contributed by atoms with Crippen LogP contribution in [0.15, 0.2) is 0 Å². The van der Waals surface area contributed by atoms with Gasteiger partial charge in [0.25, 0.3) is 0 Å². The maximum atomic E-state index is 3.99. The van der Waals surface area contributed by atoms with Gasteiger partial charge in [-0.3, -0.25) is 0 Å². The van der Waals surface area contributed by atoms with E-state index in [0.29, 0.717) is 0 Å². The fourth-order valence-corrected chi connectivity index (χ4v) is 4.41. The van der Waals surface area contributed by atoms with Crippen molar-refractivity contribution in [1.29, 1.82) is 0 Å². The Morgan fingerprint density at radius 2 is 1.67 bits per heavy atom. The number of nitrogens with one attached hydrogen (secondary N) is 1. The van der Waals surface area contributed by atoms with Crippen LogP contribution in [0.3, 0.4) is 0 Å². The maximum absolute atomic E-state index is 3.99. The van der Waals surface area contributed by atoms with Crippen molar-refractivity contribution in [3.05, 3.63) is 0 Å². The summed E-state index contributed by atoms with van der Waals surface area (Å²) < 4.78 is 0. The molecule has 1 aliphatic carbocycles. The molecule has 0 spiro atoms. The molecule has 3 aliphatic rings. The van der Waals surface area contributed by atoms with Crippen molar-refractivity contribution < 1.29 is 0 Å². The van der Waals surface area contributed by atoms with E-state index in [-0.39, 0.29) is 0 Å². The first-order valence-electron chi connectivity index (χ1n) is 8.22. The second-order valence-electron chi connectivity index (χ2n) is 7.18. The highest BCUT2D eigenvalue weighted by Gasteiger charge is 2.33. The predicted octanol–water partition coefficient (Wildman–Crippen LogP) is 3.03. The average Bonchev–Trinajstić information content (AvgIpc) is 2.81. The van der Waals surface area contributed by atoms with Crippen LogP contribution in [-0.4, -0.2) is 36.1 Å². The van der Waals surface area contributed by atoms with Gasteiger partial charge in [-0.1, -0.05) is 13.8 Å². The summed E-state index contributed by atoms with van der Waals surface area (Å²) in [5, 5.41) is 3.99. The zero-order valence-corrected chi connectivity index (χ0v) is 12.2. The first-order chi connectivity index (χ1) is 8.72.